The molecule has 6 heteroatoms. The van der Waals surface area contributed by atoms with Gasteiger partial charge in [0.2, 0.25) is 0 Å². The second-order valence-electron chi connectivity index (χ2n) is 5.71. The third-order valence-corrected chi connectivity index (χ3v) is 4.29. The average Bonchev–Trinajstić information content (AvgIpc) is 2.57. The number of nitrogens with one attached hydrogen (secondary N) is 1. The molecule has 1 aromatic heterocycles. The summed E-state index contributed by atoms with van der Waals surface area (Å²) >= 11 is 0. The minimum absolute atomic E-state index is 0.142. The molecule has 0 saturated carbocycles. The van der Waals surface area contributed by atoms with Gasteiger partial charge in [-0.25, -0.2) is 8.42 Å². The van der Waals surface area contributed by atoms with Crippen molar-refractivity contribution >= 4 is 9.84 Å². The van der Waals surface area contributed by atoms with Gasteiger partial charge >= 0.3 is 0 Å². The molecule has 0 bridgehead atoms. The van der Waals surface area contributed by atoms with Crippen LogP contribution >= 0.6 is 0 Å². The number of aryl methyl sites for hydroxylation is 2. The van der Waals surface area contributed by atoms with Crippen LogP contribution in [-0.2, 0) is 22.8 Å². The average molecular weight is 301 g/mol. The van der Waals surface area contributed by atoms with Gasteiger partial charge in [-0.05, 0) is 38.8 Å². The molecule has 0 unspecified atom stereocenters. The Bertz CT molecular complexity index is 533. The van der Waals surface area contributed by atoms with Crippen molar-refractivity contribution in [1.82, 2.24) is 15.1 Å². The number of nitrogens with zero attached hydrogens (tertiary/aromatic N) is 2. The summed E-state index contributed by atoms with van der Waals surface area (Å²) in [6.07, 6.45) is 3.31. The molecule has 0 saturated heterocycles. The third-order valence-electron chi connectivity index (χ3n) is 3.36. The molecule has 0 amide bonds. The van der Waals surface area contributed by atoms with E-state index < -0.39 is 9.84 Å². The van der Waals surface area contributed by atoms with Gasteiger partial charge < -0.3 is 5.32 Å². The minimum Gasteiger partial charge on any atom is -0.315 e. The fourth-order valence-corrected chi connectivity index (χ4v) is 2.73. The van der Waals surface area contributed by atoms with Gasteiger partial charge in [0.1, 0.15) is 9.84 Å². The van der Waals surface area contributed by atoms with Crippen LogP contribution in [0.5, 0.6) is 0 Å². The van der Waals surface area contributed by atoms with Gasteiger partial charge in [-0.1, -0.05) is 13.8 Å². The van der Waals surface area contributed by atoms with Crippen molar-refractivity contribution in [1.29, 1.82) is 0 Å². The summed E-state index contributed by atoms with van der Waals surface area (Å²) in [5.74, 6) is 0.142. The van der Waals surface area contributed by atoms with Gasteiger partial charge in [-0.2, -0.15) is 5.10 Å². The lowest BCUT2D eigenvalue weighted by Gasteiger charge is -2.08. The summed E-state index contributed by atoms with van der Waals surface area (Å²) in [7, 11) is -2.94. The molecule has 0 fully saturated rings. The quantitative estimate of drug-likeness (QED) is 0.739. The number of rotatable bonds is 8. The summed E-state index contributed by atoms with van der Waals surface area (Å²) in [5, 5.41) is 7.86. The zero-order chi connectivity index (χ0) is 15.3. The molecule has 0 aliphatic rings. The highest BCUT2D eigenvalue weighted by Gasteiger charge is 2.12. The van der Waals surface area contributed by atoms with Crippen molar-refractivity contribution in [2.45, 2.75) is 53.1 Å². The first-order valence-electron chi connectivity index (χ1n) is 7.14. The summed E-state index contributed by atoms with van der Waals surface area (Å²) in [4.78, 5) is 0. The highest BCUT2D eigenvalue weighted by Crippen LogP contribution is 2.15. The molecule has 1 N–H and O–H groups in total. The maximum absolute atomic E-state index is 11.2. The Kier molecular flexibility index (Phi) is 6.20. The number of hydrogen-bond donors (Lipinski definition) is 1. The molecule has 1 heterocycles. The number of sulfone groups is 1. The molecule has 0 spiro atoms. The van der Waals surface area contributed by atoms with E-state index in [-0.39, 0.29) is 5.75 Å². The SMILES string of the molecule is Cc1nn(CCS(C)(=O)=O)c(C)c1CCCNC(C)C. The van der Waals surface area contributed by atoms with E-state index in [2.05, 4.69) is 24.3 Å². The van der Waals surface area contributed by atoms with Crippen LogP contribution in [0.2, 0.25) is 0 Å². The van der Waals surface area contributed by atoms with Crippen LogP contribution in [0.4, 0.5) is 0 Å². The molecule has 0 aromatic carbocycles. The van der Waals surface area contributed by atoms with Crippen LogP contribution in [0.1, 0.15) is 37.2 Å². The fraction of sp³-hybridized carbons (Fsp3) is 0.786. The van der Waals surface area contributed by atoms with Crippen molar-refractivity contribution in [3.63, 3.8) is 0 Å². The third kappa shape index (κ3) is 5.63. The van der Waals surface area contributed by atoms with Crippen LogP contribution < -0.4 is 5.32 Å². The van der Waals surface area contributed by atoms with Gasteiger partial charge in [0.15, 0.2) is 0 Å². The van der Waals surface area contributed by atoms with Crippen LogP contribution in [-0.4, -0.2) is 42.8 Å². The molecule has 116 valence electrons. The number of aromatic nitrogens is 2. The standard InChI is InChI=1S/C14H27N3O2S/c1-11(2)15-8-6-7-14-12(3)16-17(13(14)4)9-10-20(5,18)19/h11,15H,6-10H2,1-5H3. The second-order valence-corrected chi connectivity index (χ2v) is 7.97. The predicted octanol–water partition coefficient (Wildman–Crippen LogP) is 1.48. The minimum atomic E-state index is -2.94. The van der Waals surface area contributed by atoms with Crippen molar-refractivity contribution < 1.29 is 8.42 Å². The van der Waals surface area contributed by atoms with Crippen molar-refractivity contribution in [3.8, 4) is 0 Å². The fourth-order valence-electron chi connectivity index (χ4n) is 2.22. The summed E-state index contributed by atoms with van der Waals surface area (Å²) in [6, 6.07) is 0.509. The number of hydrogen-bond acceptors (Lipinski definition) is 4. The molecule has 0 aliphatic heterocycles. The van der Waals surface area contributed by atoms with E-state index in [1.807, 2.05) is 18.5 Å². The van der Waals surface area contributed by atoms with Gasteiger partial charge in [-0.3, -0.25) is 4.68 Å². The van der Waals surface area contributed by atoms with Gasteiger partial charge in [0, 0.05) is 18.0 Å². The Morgan fingerprint density at radius 2 is 1.95 bits per heavy atom. The first-order valence-corrected chi connectivity index (χ1v) is 9.20. The lowest BCUT2D eigenvalue weighted by atomic mass is 10.1. The Hall–Kier alpha value is -0.880. The Balaban J connectivity index is 2.62. The van der Waals surface area contributed by atoms with Gasteiger partial charge in [0.05, 0.1) is 18.0 Å². The van der Waals surface area contributed by atoms with Gasteiger partial charge in [0.25, 0.3) is 0 Å². The zero-order valence-corrected chi connectivity index (χ0v) is 14.0. The monoisotopic (exact) mass is 301 g/mol. The molecule has 0 aliphatic carbocycles. The first kappa shape index (κ1) is 17.2. The summed E-state index contributed by atoms with van der Waals surface area (Å²) in [5.41, 5.74) is 3.36. The topological polar surface area (TPSA) is 64.0 Å². The van der Waals surface area contributed by atoms with Crippen molar-refractivity contribution in [3.05, 3.63) is 17.0 Å². The van der Waals surface area contributed by atoms with E-state index >= 15 is 0 Å². The maximum Gasteiger partial charge on any atom is 0.149 e. The lowest BCUT2D eigenvalue weighted by Crippen LogP contribution is -2.24. The highest BCUT2D eigenvalue weighted by atomic mass is 32.2. The molecule has 1 rings (SSSR count). The zero-order valence-electron chi connectivity index (χ0n) is 13.2. The van der Waals surface area contributed by atoms with E-state index in [9.17, 15) is 8.42 Å². The van der Waals surface area contributed by atoms with E-state index in [0.717, 1.165) is 30.8 Å². The Morgan fingerprint density at radius 3 is 2.50 bits per heavy atom. The molecule has 0 radical (unpaired) electrons. The normalized spacial score (nSPS) is 12.3. The molecular weight excluding hydrogens is 274 g/mol. The van der Waals surface area contributed by atoms with Crippen molar-refractivity contribution in [2.75, 3.05) is 18.6 Å². The highest BCUT2D eigenvalue weighted by molar-refractivity contribution is 7.90. The Morgan fingerprint density at radius 1 is 1.30 bits per heavy atom. The Labute approximate surface area is 122 Å². The second kappa shape index (κ2) is 7.22. The van der Waals surface area contributed by atoms with E-state index in [0.29, 0.717) is 12.6 Å². The van der Waals surface area contributed by atoms with Crippen LogP contribution in [0.15, 0.2) is 0 Å². The molecule has 1 aromatic rings. The van der Waals surface area contributed by atoms with E-state index in [1.165, 1.54) is 11.8 Å². The van der Waals surface area contributed by atoms with E-state index in [4.69, 9.17) is 0 Å². The predicted molar refractivity (Wildman–Crippen MR) is 82.9 cm³/mol. The van der Waals surface area contributed by atoms with Crippen LogP contribution in [0, 0.1) is 13.8 Å². The smallest absolute Gasteiger partial charge is 0.149 e. The maximum atomic E-state index is 11.2. The molecule has 5 nitrogen and oxygen atoms in total. The van der Waals surface area contributed by atoms with Crippen molar-refractivity contribution in [2.24, 2.45) is 0 Å². The largest absolute Gasteiger partial charge is 0.315 e. The van der Waals surface area contributed by atoms with Gasteiger partial charge in [-0.15, -0.1) is 0 Å². The molecular formula is C14H27N3O2S. The summed E-state index contributed by atoms with van der Waals surface area (Å²) < 4.78 is 24.3. The molecule has 20 heavy (non-hydrogen) atoms. The molecule has 0 atom stereocenters. The van der Waals surface area contributed by atoms with E-state index in [1.54, 1.807) is 0 Å². The van der Waals surface area contributed by atoms with Crippen LogP contribution in [0.25, 0.3) is 0 Å². The summed E-state index contributed by atoms with van der Waals surface area (Å²) in [6.45, 7) is 9.73. The van der Waals surface area contributed by atoms with Crippen LogP contribution in [0.3, 0.4) is 0 Å². The lowest BCUT2D eigenvalue weighted by molar-refractivity contribution is 0.569. The first-order chi connectivity index (χ1) is 9.20.